The number of ether oxygens (including phenoxy) is 1. The summed E-state index contributed by atoms with van der Waals surface area (Å²) in [7, 11) is 0. The molecule has 2 aliphatic rings. The number of hydrogen-bond donors (Lipinski definition) is 1. The molecule has 4 heterocycles. The summed E-state index contributed by atoms with van der Waals surface area (Å²) < 4.78 is 8.24. The van der Waals surface area contributed by atoms with Gasteiger partial charge in [-0.15, -0.1) is 0 Å². The molecule has 0 radical (unpaired) electrons. The van der Waals surface area contributed by atoms with E-state index in [-0.39, 0.29) is 18.2 Å². The molecule has 30 heavy (non-hydrogen) atoms. The van der Waals surface area contributed by atoms with Gasteiger partial charge in [0.2, 0.25) is 0 Å². The SMILES string of the molecule is Cc1ccc(N2C(=S)N[C@H](c3ccccn3)[C@@H]2c2cccn2C[C@H]2CCCO2)cc1. The van der Waals surface area contributed by atoms with Crippen LogP contribution < -0.4 is 10.2 Å². The first-order valence-corrected chi connectivity index (χ1v) is 11.0. The second-order valence-electron chi connectivity index (χ2n) is 8.05. The van der Waals surface area contributed by atoms with Crippen molar-refractivity contribution in [3.63, 3.8) is 0 Å². The van der Waals surface area contributed by atoms with Gasteiger partial charge in [-0.1, -0.05) is 23.8 Å². The summed E-state index contributed by atoms with van der Waals surface area (Å²) in [5.74, 6) is 0. The molecule has 154 valence electrons. The van der Waals surface area contributed by atoms with Gasteiger partial charge in [0.1, 0.15) is 6.04 Å². The third-order valence-electron chi connectivity index (χ3n) is 6.00. The monoisotopic (exact) mass is 418 g/mol. The molecule has 2 aromatic heterocycles. The lowest BCUT2D eigenvalue weighted by Crippen LogP contribution is -2.31. The summed E-state index contributed by atoms with van der Waals surface area (Å²) in [5.41, 5.74) is 4.53. The van der Waals surface area contributed by atoms with Crippen LogP contribution in [0.2, 0.25) is 0 Å². The van der Waals surface area contributed by atoms with Crippen LogP contribution in [0.5, 0.6) is 0 Å². The molecule has 0 saturated carbocycles. The molecule has 0 spiro atoms. The number of aromatic nitrogens is 2. The first-order valence-electron chi connectivity index (χ1n) is 10.5. The third kappa shape index (κ3) is 3.61. The van der Waals surface area contributed by atoms with Crippen molar-refractivity contribution in [2.45, 2.75) is 44.5 Å². The van der Waals surface area contributed by atoms with Crippen LogP contribution >= 0.6 is 12.2 Å². The number of aryl methyl sites for hydroxylation is 1. The second kappa shape index (κ2) is 8.20. The smallest absolute Gasteiger partial charge is 0.174 e. The topological polar surface area (TPSA) is 42.3 Å². The van der Waals surface area contributed by atoms with E-state index in [1.165, 1.54) is 11.3 Å². The zero-order valence-corrected chi connectivity index (χ0v) is 17.9. The highest BCUT2D eigenvalue weighted by molar-refractivity contribution is 7.80. The average Bonchev–Trinajstić information content (AvgIpc) is 3.50. The Morgan fingerprint density at radius 2 is 2.00 bits per heavy atom. The largest absolute Gasteiger partial charge is 0.376 e. The first-order chi connectivity index (χ1) is 14.7. The highest BCUT2D eigenvalue weighted by Crippen LogP contribution is 2.41. The molecule has 1 aromatic carbocycles. The van der Waals surface area contributed by atoms with E-state index in [0.717, 1.165) is 42.5 Å². The van der Waals surface area contributed by atoms with Gasteiger partial charge in [-0.25, -0.2) is 0 Å². The standard InChI is InChI=1S/C24H26N4OS/c1-17-9-11-18(12-10-17)28-23(22(26-24(28)30)20-7-2-3-13-25-20)21-8-4-14-27(21)16-19-6-5-15-29-19/h2-4,7-14,19,22-23H,5-6,15-16H2,1H3,(H,26,30)/t19-,22-,23+/m1/s1. The van der Waals surface area contributed by atoms with Gasteiger partial charge in [0.25, 0.3) is 0 Å². The molecule has 0 unspecified atom stereocenters. The van der Waals surface area contributed by atoms with E-state index in [0.29, 0.717) is 0 Å². The fourth-order valence-electron chi connectivity index (χ4n) is 4.51. The van der Waals surface area contributed by atoms with Gasteiger partial charge in [0.15, 0.2) is 5.11 Å². The van der Waals surface area contributed by atoms with E-state index >= 15 is 0 Å². The molecule has 2 fully saturated rings. The molecule has 3 atom stereocenters. The molecule has 6 heteroatoms. The van der Waals surface area contributed by atoms with Gasteiger partial charge in [-0.05, 0) is 68.4 Å². The Morgan fingerprint density at radius 1 is 1.13 bits per heavy atom. The van der Waals surface area contributed by atoms with E-state index in [1.54, 1.807) is 0 Å². The molecule has 2 aliphatic heterocycles. The maximum absolute atomic E-state index is 5.91. The highest BCUT2D eigenvalue weighted by Gasteiger charge is 2.42. The van der Waals surface area contributed by atoms with E-state index in [2.05, 4.69) is 75.4 Å². The van der Waals surface area contributed by atoms with E-state index in [4.69, 9.17) is 17.0 Å². The van der Waals surface area contributed by atoms with Crippen molar-refractivity contribution in [1.82, 2.24) is 14.9 Å². The van der Waals surface area contributed by atoms with Crippen LogP contribution in [0, 0.1) is 6.92 Å². The molecular formula is C24H26N4OS. The zero-order chi connectivity index (χ0) is 20.5. The highest BCUT2D eigenvalue weighted by atomic mass is 32.1. The molecule has 1 N–H and O–H groups in total. The maximum atomic E-state index is 5.91. The van der Waals surface area contributed by atoms with Crippen LogP contribution in [0.15, 0.2) is 67.0 Å². The number of rotatable bonds is 5. The molecule has 5 nitrogen and oxygen atoms in total. The number of thiocarbonyl (C=S) groups is 1. The molecule has 3 aromatic rings. The normalized spacial score (nSPS) is 23.7. The molecule has 2 saturated heterocycles. The number of hydrogen-bond acceptors (Lipinski definition) is 3. The molecular weight excluding hydrogens is 392 g/mol. The van der Waals surface area contributed by atoms with Crippen molar-refractivity contribution >= 4 is 23.0 Å². The third-order valence-corrected chi connectivity index (χ3v) is 6.32. The summed E-state index contributed by atoms with van der Waals surface area (Å²) in [6.07, 6.45) is 6.53. The lowest BCUT2D eigenvalue weighted by atomic mass is 10.0. The Kier molecular flexibility index (Phi) is 5.27. The minimum absolute atomic E-state index is 0.00603. The summed E-state index contributed by atoms with van der Waals surface area (Å²) in [6.45, 7) is 3.83. The summed E-state index contributed by atoms with van der Waals surface area (Å²) >= 11 is 5.82. The van der Waals surface area contributed by atoms with Crippen molar-refractivity contribution < 1.29 is 4.74 Å². The van der Waals surface area contributed by atoms with Gasteiger partial charge in [-0.2, -0.15) is 0 Å². The first kappa shape index (κ1) is 19.3. The van der Waals surface area contributed by atoms with Crippen molar-refractivity contribution in [2.24, 2.45) is 0 Å². The molecule has 0 bridgehead atoms. The Labute approximate surface area is 182 Å². The van der Waals surface area contributed by atoms with Gasteiger partial charge in [0, 0.05) is 36.9 Å². The minimum atomic E-state index is -0.0295. The van der Waals surface area contributed by atoms with Crippen LogP contribution in [0.4, 0.5) is 5.69 Å². The maximum Gasteiger partial charge on any atom is 0.174 e. The van der Waals surface area contributed by atoms with Crippen molar-refractivity contribution in [3.8, 4) is 0 Å². The van der Waals surface area contributed by atoms with E-state index in [1.807, 2.05) is 18.3 Å². The van der Waals surface area contributed by atoms with Gasteiger partial charge < -0.3 is 19.5 Å². The van der Waals surface area contributed by atoms with Crippen molar-refractivity contribution in [2.75, 3.05) is 11.5 Å². The fourth-order valence-corrected chi connectivity index (χ4v) is 4.85. The Balaban J connectivity index is 1.57. The predicted molar refractivity (Wildman–Crippen MR) is 123 cm³/mol. The fraction of sp³-hybridized carbons (Fsp3) is 0.333. The van der Waals surface area contributed by atoms with Crippen LogP contribution in [0.3, 0.4) is 0 Å². The molecule has 0 aliphatic carbocycles. The predicted octanol–water partition coefficient (Wildman–Crippen LogP) is 4.55. The number of anilines is 1. The molecule has 0 amide bonds. The van der Waals surface area contributed by atoms with E-state index < -0.39 is 0 Å². The Morgan fingerprint density at radius 3 is 2.73 bits per heavy atom. The van der Waals surface area contributed by atoms with Gasteiger partial charge in [0.05, 0.1) is 17.8 Å². The Hall–Kier alpha value is -2.70. The van der Waals surface area contributed by atoms with Crippen LogP contribution in [0.1, 0.15) is 41.9 Å². The molecule has 5 rings (SSSR count). The van der Waals surface area contributed by atoms with Gasteiger partial charge >= 0.3 is 0 Å². The number of pyridine rings is 1. The number of nitrogens with one attached hydrogen (secondary N) is 1. The Bertz CT molecular complexity index is 1010. The van der Waals surface area contributed by atoms with Crippen LogP contribution in [0.25, 0.3) is 0 Å². The minimum Gasteiger partial charge on any atom is -0.376 e. The number of nitrogens with zero attached hydrogens (tertiary/aromatic N) is 3. The lowest BCUT2D eigenvalue weighted by molar-refractivity contribution is 0.0961. The van der Waals surface area contributed by atoms with Crippen LogP contribution in [-0.4, -0.2) is 27.4 Å². The second-order valence-corrected chi connectivity index (χ2v) is 8.44. The lowest BCUT2D eigenvalue weighted by Gasteiger charge is -2.29. The van der Waals surface area contributed by atoms with Gasteiger partial charge in [-0.3, -0.25) is 4.98 Å². The summed E-state index contributed by atoms with van der Waals surface area (Å²) in [4.78, 5) is 6.88. The van der Waals surface area contributed by atoms with Crippen molar-refractivity contribution in [3.05, 3.63) is 83.9 Å². The van der Waals surface area contributed by atoms with E-state index in [9.17, 15) is 0 Å². The summed E-state index contributed by atoms with van der Waals surface area (Å²) in [6, 6.07) is 18.9. The van der Waals surface area contributed by atoms with Crippen LogP contribution in [-0.2, 0) is 11.3 Å². The quantitative estimate of drug-likeness (QED) is 0.616. The zero-order valence-electron chi connectivity index (χ0n) is 17.1. The summed E-state index contributed by atoms with van der Waals surface area (Å²) in [5, 5.41) is 4.27. The number of benzene rings is 1. The van der Waals surface area contributed by atoms with Crippen molar-refractivity contribution in [1.29, 1.82) is 0 Å². The average molecular weight is 419 g/mol.